The maximum atomic E-state index is 13.8. The first-order valence-corrected chi connectivity index (χ1v) is 11.1. The molecular weight excluding hydrogens is 408 g/mol. The van der Waals surface area contributed by atoms with E-state index >= 15 is 0 Å². The predicted molar refractivity (Wildman–Crippen MR) is 127 cm³/mol. The molecule has 156 valence electrons. The summed E-state index contributed by atoms with van der Waals surface area (Å²) in [5.41, 5.74) is 5.38. The third-order valence-electron chi connectivity index (χ3n) is 5.59. The molecule has 0 atom stereocenters. The first-order chi connectivity index (χ1) is 14.9. The van der Waals surface area contributed by atoms with Gasteiger partial charge in [0, 0.05) is 22.4 Å². The predicted octanol–water partition coefficient (Wildman–Crippen LogP) is 5.96. The van der Waals surface area contributed by atoms with Crippen molar-refractivity contribution < 1.29 is 4.92 Å². The number of thioether (sulfide) groups is 1. The first-order valence-electron chi connectivity index (χ1n) is 9.91. The lowest BCUT2D eigenvalue weighted by Crippen LogP contribution is -2.24. The average Bonchev–Trinajstić information content (AvgIpc) is 2.77. The van der Waals surface area contributed by atoms with E-state index in [2.05, 4.69) is 26.0 Å². The summed E-state index contributed by atoms with van der Waals surface area (Å²) in [5, 5.41) is 12.1. The Morgan fingerprint density at radius 1 is 0.968 bits per heavy atom. The second-order valence-corrected chi connectivity index (χ2v) is 8.36. The van der Waals surface area contributed by atoms with E-state index in [1.807, 2.05) is 41.2 Å². The smallest absolute Gasteiger partial charge is 0.269 e. The van der Waals surface area contributed by atoms with Crippen molar-refractivity contribution in [2.45, 2.75) is 25.3 Å². The number of aromatic nitrogens is 1. The molecule has 0 aliphatic rings. The van der Waals surface area contributed by atoms with Crippen LogP contribution in [0.4, 0.5) is 5.69 Å². The van der Waals surface area contributed by atoms with Crippen molar-refractivity contribution in [1.82, 2.24) is 4.57 Å². The van der Waals surface area contributed by atoms with Gasteiger partial charge in [0.2, 0.25) is 0 Å². The third kappa shape index (κ3) is 3.86. The van der Waals surface area contributed by atoms with Gasteiger partial charge in [-0.2, -0.15) is 0 Å². The molecule has 0 unspecified atom stereocenters. The molecule has 0 saturated heterocycles. The Balaban J connectivity index is 2.05. The van der Waals surface area contributed by atoms with E-state index in [4.69, 9.17) is 0 Å². The largest absolute Gasteiger partial charge is 0.303 e. The van der Waals surface area contributed by atoms with Gasteiger partial charge in [-0.1, -0.05) is 30.3 Å². The van der Waals surface area contributed by atoms with Gasteiger partial charge in [0.15, 0.2) is 0 Å². The monoisotopic (exact) mass is 430 g/mol. The molecule has 0 fully saturated rings. The van der Waals surface area contributed by atoms with Gasteiger partial charge in [-0.25, -0.2) is 0 Å². The van der Waals surface area contributed by atoms with Crippen molar-refractivity contribution in [3.8, 4) is 11.1 Å². The van der Waals surface area contributed by atoms with E-state index < -0.39 is 4.92 Å². The zero-order valence-corrected chi connectivity index (χ0v) is 18.4. The standard InChI is InChI=1S/C25H22N2O3S/c1-16-13-21-22(14-17(16)2)26(15-18-7-5-4-6-8-18)25(28)23(24(21)31-3)19-9-11-20(12-10-19)27(29)30/h4-14H,15H2,1-3H3. The van der Waals surface area contributed by atoms with Crippen LogP contribution in [0.25, 0.3) is 22.0 Å². The molecule has 3 aromatic carbocycles. The Morgan fingerprint density at radius 3 is 2.23 bits per heavy atom. The molecule has 0 spiro atoms. The molecule has 0 amide bonds. The van der Waals surface area contributed by atoms with Gasteiger partial charge in [-0.05, 0) is 66.6 Å². The van der Waals surface area contributed by atoms with Gasteiger partial charge in [-0.3, -0.25) is 14.9 Å². The molecule has 1 aromatic heterocycles. The lowest BCUT2D eigenvalue weighted by atomic mass is 10.0. The summed E-state index contributed by atoms with van der Waals surface area (Å²) in [6.07, 6.45) is 1.96. The number of rotatable bonds is 5. The maximum absolute atomic E-state index is 13.8. The minimum atomic E-state index is -0.431. The first kappa shape index (κ1) is 20.9. The van der Waals surface area contributed by atoms with Crippen molar-refractivity contribution in [3.63, 3.8) is 0 Å². The van der Waals surface area contributed by atoms with Gasteiger partial charge >= 0.3 is 0 Å². The van der Waals surface area contributed by atoms with Crippen molar-refractivity contribution in [2.75, 3.05) is 6.26 Å². The van der Waals surface area contributed by atoms with Gasteiger partial charge in [-0.15, -0.1) is 11.8 Å². The number of hydrogen-bond donors (Lipinski definition) is 0. The topological polar surface area (TPSA) is 65.1 Å². The number of nitrogens with zero attached hydrogens (tertiary/aromatic N) is 2. The molecule has 31 heavy (non-hydrogen) atoms. The number of non-ortho nitro benzene ring substituents is 1. The molecule has 0 saturated carbocycles. The summed E-state index contributed by atoms with van der Waals surface area (Å²) in [5.74, 6) is 0. The highest BCUT2D eigenvalue weighted by molar-refractivity contribution is 7.99. The van der Waals surface area contributed by atoms with Crippen LogP contribution in [0.15, 0.2) is 76.4 Å². The van der Waals surface area contributed by atoms with E-state index in [-0.39, 0.29) is 11.2 Å². The number of aryl methyl sites for hydroxylation is 2. The summed E-state index contributed by atoms with van der Waals surface area (Å²) >= 11 is 1.53. The highest BCUT2D eigenvalue weighted by Crippen LogP contribution is 2.36. The van der Waals surface area contributed by atoms with Gasteiger partial charge < -0.3 is 4.57 Å². The van der Waals surface area contributed by atoms with E-state index in [9.17, 15) is 14.9 Å². The molecule has 0 aliphatic heterocycles. The quantitative estimate of drug-likeness (QED) is 0.222. The number of benzene rings is 3. The van der Waals surface area contributed by atoms with Gasteiger partial charge in [0.05, 0.1) is 22.5 Å². The van der Waals surface area contributed by atoms with E-state index in [0.717, 1.165) is 32.5 Å². The molecule has 4 aromatic rings. The van der Waals surface area contributed by atoms with Crippen LogP contribution in [0.3, 0.4) is 0 Å². The van der Waals surface area contributed by atoms with Crippen LogP contribution in [0, 0.1) is 24.0 Å². The molecule has 4 rings (SSSR count). The van der Waals surface area contributed by atoms with E-state index in [0.29, 0.717) is 17.7 Å². The minimum Gasteiger partial charge on any atom is -0.303 e. The third-order valence-corrected chi connectivity index (χ3v) is 6.42. The van der Waals surface area contributed by atoms with Gasteiger partial charge in [0.25, 0.3) is 11.2 Å². The fraction of sp³-hybridized carbons (Fsp3) is 0.160. The number of nitro benzene ring substituents is 1. The fourth-order valence-electron chi connectivity index (χ4n) is 3.82. The van der Waals surface area contributed by atoms with Crippen molar-refractivity contribution >= 4 is 28.4 Å². The Kier molecular flexibility index (Phi) is 5.65. The molecule has 0 bridgehead atoms. The van der Waals surface area contributed by atoms with Crippen LogP contribution < -0.4 is 5.56 Å². The normalized spacial score (nSPS) is 11.1. The van der Waals surface area contributed by atoms with Crippen molar-refractivity contribution in [3.05, 3.63) is 104 Å². The molecule has 0 aliphatic carbocycles. The van der Waals surface area contributed by atoms with Gasteiger partial charge in [0.1, 0.15) is 0 Å². The van der Waals surface area contributed by atoms with Crippen LogP contribution in [-0.2, 0) is 6.54 Å². The molecule has 0 radical (unpaired) electrons. The highest BCUT2D eigenvalue weighted by atomic mass is 32.2. The summed E-state index contributed by atoms with van der Waals surface area (Å²) < 4.78 is 1.81. The van der Waals surface area contributed by atoms with Crippen LogP contribution in [0.2, 0.25) is 0 Å². The molecule has 6 heteroatoms. The summed E-state index contributed by atoms with van der Waals surface area (Å²) in [6, 6.07) is 20.3. The molecule has 5 nitrogen and oxygen atoms in total. The highest BCUT2D eigenvalue weighted by Gasteiger charge is 2.19. The lowest BCUT2D eigenvalue weighted by molar-refractivity contribution is -0.384. The molecular formula is C25H22N2O3S. The average molecular weight is 431 g/mol. The fourth-order valence-corrected chi connectivity index (χ4v) is 4.61. The number of nitro groups is 1. The molecule has 0 N–H and O–H groups in total. The van der Waals surface area contributed by atoms with Crippen LogP contribution in [0.5, 0.6) is 0 Å². The van der Waals surface area contributed by atoms with E-state index in [1.54, 1.807) is 12.1 Å². The summed E-state index contributed by atoms with van der Waals surface area (Å²) in [4.78, 5) is 25.3. The zero-order chi connectivity index (χ0) is 22.1. The maximum Gasteiger partial charge on any atom is 0.269 e. The zero-order valence-electron chi connectivity index (χ0n) is 17.6. The van der Waals surface area contributed by atoms with Crippen molar-refractivity contribution in [1.29, 1.82) is 0 Å². The Morgan fingerprint density at radius 2 is 1.61 bits per heavy atom. The Labute approximate surface area is 184 Å². The molecule has 1 heterocycles. The second-order valence-electron chi connectivity index (χ2n) is 7.54. The van der Waals surface area contributed by atoms with E-state index in [1.165, 1.54) is 23.9 Å². The van der Waals surface area contributed by atoms with Crippen LogP contribution >= 0.6 is 11.8 Å². The summed E-state index contributed by atoms with van der Waals surface area (Å²) in [7, 11) is 0. The van der Waals surface area contributed by atoms with Crippen LogP contribution in [0.1, 0.15) is 16.7 Å². The number of fused-ring (bicyclic) bond motifs is 1. The Hall–Kier alpha value is -3.38. The second kappa shape index (κ2) is 8.40. The Bertz CT molecular complexity index is 1340. The number of hydrogen-bond acceptors (Lipinski definition) is 4. The van der Waals surface area contributed by atoms with Crippen molar-refractivity contribution in [2.24, 2.45) is 0 Å². The number of pyridine rings is 1. The SMILES string of the molecule is CSc1c(-c2ccc([N+](=O)[O-])cc2)c(=O)n(Cc2ccccc2)c2cc(C)c(C)cc12. The van der Waals surface area contributed by atoms with Crippen LogP contribution in [-0.4, -0.2) is 15.7 Å². The minimum absolute atomic E-state index is 0.00585. The lowest BCUT2D eigenvalue weighted by Gasteiger charge is -2.19. The summed E-state index contributed by atoms with van der Waals surface area (Å²) in [6.45, 7) is 4.57.